The predicted molar refractivity (Wildman–Crippen MR) is 84.4 cm³/mol. The molecule has 1 N–H and O–H groups in total. The Morgan fingerprint density at radius 2 is 2.05 bits per heavy atom. The Kier molecular flexibility index (Phi) is 5.76. The first-order chi connectivity index (χ1) is 10.1. The molecular weight excluding hydrogens is 264 g/mol. The molecule has 0 aliphatic heterocycles. The van der Waals surface area contributed by atoms with Gasteiger partial charge in [0.05, 0.1) is 5.60 Å². The maximum absolute atomic E-state index is 6.02. The van der Waals surface area contributed by atoms with E-state index in [0.717, 1.165) is 31.6 Å². The van der Waals surface area contributed by atoms with Crippen LogP contribution in [-0.4, -0.2) is 40.1 Å². The van der Waals surface area contributed by atoms with Gasteiger partial charge in [-0.3, -0.25) is 0 Å². The van der Waals surface area contributed by atoms with Crippen molar-refractivity contribution in [2.24, 2.45) is 0 Å². The third kappa shape index (κ3) is 3.64. The van der Waals surface area contributed by atoms with E-state index < -0.39 is 0 Å². The van der Waals surface area contributed by atoms with Gasteiger partial charge in [0.15, 0.2) is 0 Å². The van der Waals surface area contributed by atoms with E-state index in [0.29, 0.717) is 12.1 Å². The summed E-state index contributed by atoms with van der Waals surface area (Å²) in [5, 5.41) is 8.00. The van der Waals surface area contributed by atoms with Crippen molar-refractivity contribution in [1.82, 2.24) is 20.1 Å². The minimum absolute atomic E-state index is 0.0536. The highest BCUT2D eigenvalue weighted by Crippen LogP contribution is 2.35. The number of hydrogen-bond donors (Lipinski definition) is 1. The van der Waals surface area contributed by atoms with Gasteiger partial charge in [-0.25, -0.2) is 9.67 Å². The molecule has 1 fully saturated rings. The van der Waals surface area contributed by atoms with Crippen LogP contribution in [0.2, 0.25) is 0 Å². The zero-order chi connectivity index (χ0) is 15.3. The summed E-state index contributed by atoms with van der Waals surface area (Å²) in [5.74, 6) is 1.05. The van der Waals surface area contributed by atoms with Gasteiger partial charge in [0, 0.05) is 25.6 Å². The van der Waals surface area contributed by atoms with Crippen LogP contribution >= 0.6 is 0 Å². The van der Waals surface area contributed by atoms with Crippen molar-refractivity contribution >= 4 is 0 Å². The summed E-state index contributed by atoms with van der Waals surface area (Å²) in [6, 6.07) is 0.643. The van der Waals surface area contributed by atoms with E-state index in [1.54, 1.807) is 6.33 Å². The Labute approximate surface area is 128 Å². The molecule has 5 heteroatoms. The van der Waals surface area contributed by atoms with Crippen molar-refractivity contribution in [2.75, 3.05) is 13.7 Å². The number of nitrogens with zero attached hydrogens (tertiary/aromatic N) is 3. The number of aromatic nitrogens is 3. The number of ether oxygens (including phenoxy) is 1. The highest BCUT2D eigenvalue weighted by Gasteiger charge is 2.40. The van der Waals surface area contributed by atoms with Crippen molar-refractivity contribution in [3.05, 3.63) is 12.2 Å². The predicted octanol–water partition coefficient (Wildman–Crippen LogP) is 2.73. The molecule has 1 saturated carbocycles. The van der Waals surface area contributed by atoms with Gasteiger partial charge >= 0.3 is 0 Å². The number of hydrogen-bond acceptors (Lipinski definition) is 4. The molecule has 1 heterocycles. The molecule has 1 aromatic rings. The first-order valence-corrected chi connectivity index (χ1v) is 8.30. The van der Waals surface area contributed by atoms with Crippen LogP contribution in [0.3, 0.4) is 0 Å². The molecule has 120 valence electrons. The number of nitrogens with one attached hydrogen (secondary N) is 1. The van der Waals surface area contributed by atoms with Crippen LogP contribution in [0.25, 0.3) is 0 Å². The molecule has 0 bridgehead atoms. The van der Waals surface area contributed by atoms with Crippen molar-refractivity contribution < 1.29 is 4.74 Å². The monoisotopic (exact) mass is 294 g/mol. The SMILES string of the molecule is CCNC(Cc1ncnn1C(C)C)C1(OC)CCCCC1. The van der Waals surface area contributed by atoms with Gasteiger partial charge < -0.3 is 10.1 Å². The van der Waals surface area contributed by atoms with E-state index >= 15 is 0 Å². The van der Waals surface area contributed by atoms with Gasteiger partial charge in [-0.15, -0.1) is 0 Å². The van der Waals surface area contributed by atoms with Gasteiger partial charge in [-0.2, -0.15) is 5.10 Å². The molecule has 21 heavy (non-hydrogen) atoms. The minimum atomic E-state index is -0.0536. The lowest BCUT2D eigenvalue weighted by atomic mass is 9.77. The van der Waals surface area contributed by atoms with Crippen LogP contribution in [-0.2, 0) is 11.2 Å². The molecule has 1 aliphatic rings. The van der Waals surface area contributed by atoms with Gasteiger partial charge in [-0.1, -0.05) is 26.2 Å². The van der Waals surface area contributed by atoms with Crippen molar-refractivity contribution in [2.45, 2.75) is 77.0 Å². The van der Waals surface area contributed by atoms with Crippen molar-refractivity contribution in [1.29, 1.82) is 0 Å². The summed E-state index contributed by atoms with van der Waals surface area (Å²) in [7, 11) is 1.86. The fourth-order valence-corrected chi connectivity index (χ4v) is 3.57. The largest absolute Gasteiger partial charge is 0.377 e. The standard InChI is InChI=1S/C16H30N4O/c1-5-17-14(16(21-4)9-7-6-8-10-16)11-15-18-12-19-20(15)13(2)3/h12-14,17H,5-11H2,1-4H3. The zero-order valence-corrected chi connectivity index (χ0v) is 13.9. The summed E-state index contributed by atoms with van der Waals surface area (Å²) in [4.78, 5) is 4.48. The summed E-state index contributed by atoms with van der Waals surface area (Å²) >= 11 is 0. The average Bonchev–Trinajstić information content (AvgIpc) is 2.96. The van der Waals surface area contributed by atoms with Crippen molar-refractivity contribution in [3.63, 3.8) is 0 Å². The number of methoxy groups -OCH3 is 1. The van der Waals surface area contributed by atoms with Gasteiger partial charge in [-0.05, 0) is 33.2 Å². The summed E-state index contributed by atoms with van der Waals surface area (Å²) in [5.41, 5.74) is -0.0536. The molecule has 1 unspecified atom stereocenters. The van der Waals surface area contributed by atoms with Gasteiger partial charge in [0.25, 0.3) is 0 Å². The molecule has 0 saturated heterocycles. The fraction of sp³-hybridized carbons (Fsp3) is 0.875. The zero-order valence-electron chi connectivity index (χ0n) is 13.9. The lowest BCUT2D eigenvalue weighted by molar-refractivity contribution is -0.0675. The molecule has 2 rings (SSSR count). The van der Waals surface area contributed by atoms with Gasteiger partial charge in [0.1, 0.15) is 12.2 Å². The molecular formula is C16H30N4O. The Morgan fingerprint density at radius 3 is 2.62 bits per heavy atom. The van der Waals surface area contributed by atoms with Crippen LogP contribution in [0.1, 0.15) is 64.7 Å². The van der Waals surface area contributed by atoms with E-state index in [4.69, 9.17) is 4.74 Å². The fourth-order valence-electron chi connectivity index (χ4n) is 3.57. The Hall–Kier alpha value is -0.940. The molecule has 0 amide bonds. The maximum Gasteiger partial charge on any atom is 0.138 e. The quantitative estimate of drug-likeness (QED) is 0.840. The van der Waals surface area contributed by atoms with E-state index in [1.165, 1.54) is 19.3 Å². The lowest BCUT2D eigenvalue weighted by Gasteiger charge is -2.43. The van der Waals surface area contributed by atoms with Crippen LogP contribution in [0.15, 0.2) is 6.33 Å². The van der Waals surface area contributed by atoms with E-state index in [-0.39, 0.29) is 5.60 Å². The Bertz CT molecular complexity index is 424. The second-order valence-corrected chi connectivity index (χ2v) is 6.36. The molecule has 1 aromatic heterocycles. The van der Waals surface area contributed by atoms with E-state index in [2.05, 4.69) is 36.2 Å². The topological polar surface area (TPSA) is 52.0 Å². The molecule has 0 spiro atoms. The highest BCUT2D eigenvalue weighted by atomic mass is 16.5. The molecule has 1 aliphatic carbocycles. The average molecular weight is 294 g/mol. The summed E-state index contributed by atoms with van der Waals surface area (Å²) in [6.45, 7) is 7.40. The van der Waals surface area contributed by atoms with Gasteiger partial charge in [0.2, 0.25) is 0 Å². The molecule has 5 nitrogen and oxygen atoms in total. The lowest BCUT2D eigenvalue weighted by Crippen LogP contribution is -2.54. The molecule has 0 radical (unpaired) electrons. The maximum atomic E-state index is 6.02. The number of likely N-dealkylation sites (N-methyl/N-ethyl adjacent to an activating group) is 1. The van der Waals surface area contributed by atoms with Crippen molar-refractivity contribution in [3.8, 4) is 0 Å². The second kappa shape index (κ2) is 7.36. The third-order valence-electron chi connectivity index (χ3n) is 4.72. The minimum Gasteiger partial charge on any atom is -0.377 e. The summed E-state index contributed by atoms with van der Waals surface area (Å²) < 4.78 is 8.05. The second-order valence-electron chi connectivity index (χ2n) is 6.36. The Balaban J connectivity index is 2.19. The van der Waals surface area contributed by atoms with Crippen LogP contribution in [0, 0.1) is 0 Å². The first-order valence-electron chi connectivity index (χ1n) is 8.30. The normalized spacial score (nSPS) is 19.9. The Morgan fingerprint density at radius 1 is 1.33 bits per heavy atom. The van der Waals surface area contributed by atoms with E-state index in [1.807, 2.05) is 11.8 Å². The van der Waals surface area contributed by atoms with E-state index in [9.17, 15) is 0 Å². The van der Waals surface area contributed by atoms with Crippen LogP contribution in [0.5, 0.6) is 0 Å². The highest BCUT2D eigenvalue weighted by molar-refractivity contribution is 5.02. The third-order valence-corrected chi connectivity index (χ3v) is 4.72. The summed E-state index contributed by atoms with van der Waals surface area (Å²) in [6.07, 6.45) is 8.65. The number of rotatable bonds is 7. The van der Waals surface area contributed by atoms with Crippen LogP contribution in [0.4, 0.5) is 0 Å². The molecule has 1 atom stereocenters. The molecule has 0 aromatic carbocycles. The first kappa shape index (κ1) is 16.4. The van der Waals surface area contributed by atoms with Crippen LogP contribution < -0.4 is 5.32 Å². The smallest absolute Gasteiger partial charge is 0.138 e.